The Labute approximate surface area is 186 Å². The summed E-state index contributed by atoms with van der Waals surface area (Å²) in [7, 11) is 0. The first-order valence-electron chi connectivity index (χ1n) is 9.97. The normalized spacial score (nSPS) is 17.4. The minimum Gasteiger partial charge on any atom is -0.340 e. The summed E-state index contributed by atoms with van der Waals surface area (Å²) in [5.74, 6) is -0.158. The number of carbonyl (C=O) groups is 3. The summed E-state index contributed by atoms with van der Waals surface area (Å²) in [5, 5.41) is 3.50. The smallest absolute Gasteiger partial charge is 0.246 e. The van der Waals surface area contributed by atoms with Gasteiger partial charge in [0.2, 0.25) is 17.7 Å². The number of rotatable bonds is 6. The predicted molar refractivity (Wildman–Crippen MR) is 118 cm³/mol. The minimum atomic E-state index is -0.207. The summed E-state index contributed by atoms with van der Waals surface area (Å²) >= 11 is 12.2. The molecule has 3 rings (SSSR count). The summed E-state index contributed by atoms with van der Waals surface area (Å²) in [4.78, 5) is 41.7. The van der Waals surface area contributed by atoms with Gasteiger partial charge in [-0.3, -0.25) is 19.3 Å². The average Bonchev–Trinajstić information content (AvgIpc) is 2.68. The number of likely N-dealkylation sites (tertiary alicyclic amines) is 1. The summed E-state index contributed by atoms with van der Waals surface area (Å²) in [6.07, 6.45) is 2.14. The van der Waals surface area contributed by atoms with Crippen LogP contribution >= 0.6 is 23.2 Å². The van der Waals surface area contributed by atoms with Gasteiger partial charge in [0.05, 0.1) is 10.0 Å². The Morgan fingerprint density at radius 2 is 1.73 bits per heavy atom. The zero-order chi connectivity index (χ0) is 21.8. The number of amides is 3. The second-order valence-corrected chi connectivity index (χ2v) is 8.44. The molecule has 7 nitrogen and oxygen atoms in total. The van der Waals surface area contributed by atoms with E-state index in [-0.39, 0.29) is 17.7 Å². The van der Waals surface area contributed by atoms with Gasteiger partial charge in [0, 0.05) is 64.3 Å². The quantitative estimate of drug-likeness (QED) is 0.672. The van der Waals surface area contributed by atoms with Crippen LogP contribution in [0.15, 0.2) is 24.8 Å². The number of nitrogens with zero attached hydrogens (tertiary/aromatic N) is 3. The molecule has 0 atom stereocenters. The molecule has 0 spiro atoms. The molecule has 0 bridgehead atoms. The van der Waals surface area contributed by atoms with Gasteiger partial charge in [-0.05, 0) is 30.2 Å². The van der Waals surface area contributed by atoms with Crippen molar-refractivity contribution < 1.29 is 14.4 Å². The van der Waals surface area contributed by atoms with Gasteiger partial charge in [0.25, 0.3) is 0 Å². The first kappa shape index (κ1) is 22.6. The summed E-state index contributed by atoms with van der Waals surface area (Å²) in [6.45, 7) is 9.33. The zero-order valence-electron chi connectivity index (χ0n) is 17.0. The Bertz CT molecular complexity index is 847. The van der Waals surface area contributed by atoms with Crippen molar-refractivity contribution in [1.29, 1.82) is 0 Å². The van der Waals surface area contributed by atoms with Gasteiger partial charge in [-0.2, -0.15) is 0 Å². The van der Waals surface area contributed by atoms with Crippen molar-refractivity contribution in [3.05, 3.63) is 40.4 Å². The van der Waals surface area contributed by atoms with Crippen LogP contribution < -0.4 is 5.32 Å². The van der Waals surface area contributed by atoms with Crippen LogP contribution in [0.1, 0.15) is 18.9 Å². The molecule has 2 aliphatic rings. The van der Waals surface area contributed by atoms with E-state index in [0.717, 1.165) is 31.7 Å². The third-order valence-corrected chi connectivity index (χ3v) is 6.32. The second kappa shape index (κ2) is 9.81. The van der Waals surface area contributed by atoms with Gasteiger partial charge in [-0.25, -0.2) is 0 Å². The minimum absolute atomic E-state index is 0.0269. The van der Waals surface area contributed by atoms with Crippen LogP contribution in [0, 0.1) is 0 Å². The lowest BCUT2D eigenvalue weighted by Crippen LogP contribution is -2.64. The van der Waals surface area contributed by atoms with Crippen molar-refractivity contribution in [2.75, 3.05) is 44.6 Å². The van der Waals surface area contributed by atoms with Crippen molar-refractivity contribution in [2.45, 2.75) is 25.8 Å². The molecule has 0 aliphatic carbocycles. The molecule has 1 aromatic carbocycles. The van der Waals surface area contributed by atoms with Crippen LogP contribution in [-0.2, 0) is 20.8 Å². The third-order valence-electron chi connectivity index (χ3n) is 5.60. The third kappa shape index (κ3) is 5.33. The van der Waals surface area contributed by atoms with E-state index in [9.17, 15) is 14.4 Å². The van der Waals surface area contributed by atoms with E-state index < -0.39 is 0 Å². The monoisotopic (exact) mass is 452 g/mol. The van der Waals surface area contributed by atoms with Crippen molar-refractivity contribution in [3.8, 4) is 0 Å². The van der Waals surface area contributed by atoms with E-state index >= 15 is 0 Å². The molecule has 30 heavy (non-hydrogen) atoms. The Kier molecular flexibility index (Phi) is 7.39. The van der Waals surface area contributed by atoms with Crippen molar-refractivity contribution in [2.24, 2.45) is 0 Å². The maximum atomic E-state index is 12.7. The Morgan fingerprint density at radius 3 is 2.33 bits per heavy atom. The molecular weight excluding hydrogens is 427 g/mol. The predicted octanol–water partition coefficient (Wildman–Crippen LogP) is 2.43. The van der Waals surface area contributed by atoms with Gasteiger partial charge in [0.15, 0.2) is 0 Å². The standard InChI is InChI=1S/C21H26Cl2N4O3/c1-3-20(29)27-12-16(13-27)25-6-8-26(9-7-25)21(30)5-4-15-10-17(22)18(23)11-19(15)24-14(2)28/h3,10-11,16H,1,4-9,12-13H2,2H3,(H,24,28). The van der Waals surface area contributed by atoms with Gasteiger partial charge in [0.1, 0.15) is 0 Å². The molecule has 162 valence electrons. The fraction of sp³-hybridized carbons (Fsp3) is 0.476. The molecule has 0 unspecified atom stereocenters. The number of halogens is 2. The molecule has 2 heterocycles. The molecule has 0 saturated carbocycles. The van der Waals surface area contributed by atoms with Crippen molar-refractivity contribution in [1.82, 2.24) is 14.7 Å². The van der Waals surface area contributed by atoms with Gasteiger partial charge in [-0.15, -0.1) is 0 Å². The lowest BCUT2D eigenvalue weighted by Gasteiger charge is -2.47. The van der Waals surface area contributed by atoms with E-state index in [0.29, 0.717) is 47.7 Å². The number of benzene rings is 1. The van der Waals surface area contributed by atoms with E-state index in [4.69, 9.17) is 23.2 Å². The van der Waals surface area contributed by atoms with E-state index in [1.165, 1.54) is 13.0 Å². The summed E-state index contributed by atoms with van der Waals surface area (Å²) in [5.41, 5.74) is 1.37. The van der Waals surface area contributed by atoms with E-state index in [1.807, 2.05) is 4.90 Å². The number of aryl methyl sites for hydroxylation is 1. The Morgan fingerprint density at radius 1 is 1.10 bits per heavy atom. The molecule has 9 heteroatoms. The van der Waals surface area contributed by atoms with Crippen LogP contribution in [0.5, 0.6) is 0 Å². The van der Waals surface area contributed by atoms with E-state index in [1.54, 1.807) is 17.0 Å². The number of hydrogen-bond acceptors (Lipinski definition) is 4. The maximum Gasteiger partial charge on any atom is 0.246 e. The molecule has 2 fully saturated rings. The Hall–Kier alpha value is -2.09. The first-order valence-corrected chi connectivity index (χ1v) is 10.7. The lowest BCUT2D eigenvalue weighted by atomic mass is 10.0. The topological polar surface area (TPSA) is 73.0 Å². The van der Waals surface area contributed by atoms with Gasteiger partial charge < -0.3 is 15.1 Å². The van der Waals surface area contributed by atoms with Gasteiger partial charge in [-0.1, -0.05) is 29.8 Å². The molecule has 1 aromatic rings. The number of anilines is 1. The number of nitrogens with one attached hydrogen (secondary N) is 1. The Balaban J connectivity index is 1.49. The molecule has 2 aliphatic heterocycles. The largest absolute Gasteiger partial charge is 0.340 e. The molecule has 1 N–H and O–H groups in total. The van der Waals surface area contributed by atoms with Crippen LogP contribution in [0.3, 0.4) is 0 Å². The van der Waals surface area contributed by atoms with Crippen molar-refractivity contribution >= 4 is 46.6 Å². The lowest BCUT2D eigenvalue weighted by molar-refractivity contribution is -0.136. The first-order chi connectivity index (χ1) is 14.3. The molecule has 3 amide bonds. The van der Waals surface area contributed by atoms with Crippen LogP contribution in [-0.4, -0.2) is 77.7 Å². The SMILES string of the molecule is C=CC(=O)N1CC(N2CCN(C(=O)CCc3cc(Cl)c(Cl)cc3NC(C)=O)CC2)C1. The second-order valence-electron chi connectivity index (χ2n) is 7.62. The fourth-order valence-corrected chi connectivity index (χ4v) is 4.18. The van der Waals surface area contributed by atoms with E-state index in [2.05, 4.69) is 16.8 Å². The highest BCUT2D eigenvalue weighted by atomic mass is 35.5. The zero-order valence-corrected chi connectivity index (χ0v) is 18.5. The number of hydrogen-bond donors (Lipinski definition) is 1. The summed E-state index contributed by atoms with van der Waals surface area (Å²) < 4.78 is 0. The molecular formula is C21H26Cl2N4O3. The average molecular weight is 453 g/mol. The summed E-state index contributed by atoms with van der Waals surface area (Å²) in [6, 6.07) is 3.68. The number of piperazine rings is 1. The van der Waals surface area contributed by atoms with Crippen molar-refractivity contribution in [3.63, 3.8) is 0 Å². The fourth-order valence-electron chi connectivity index (χ4n) is 3.83. The van der Waals surface area contributed by atoms with Crippen LogP contribution in [0.4, 0.5) is 5.69 Å². The highest BCUT2D eigenvalue weighted by Gasteiger charge is 2.35. The van der Waals surface area contributed by atoms with Crippen LogP contribution in [0.25, 0.3) is 0 Å². The number of carbonyl (C=O) groups excluding carboxylic acids is 3. The molecule has 0 aromatic heterocycles. The maximum absolute atomic E-state index is 12.7. The van der Waals surface area contributed by atoms with Gasteiger partial charge >= 0.3 is 0 Å². The molecule has 2 saturated heterocycles. The van der Waals surface area contributed by atoms with Crippen LogP contribution in [0.2, 0.25) is 10.0 Å². The molecule has 0 radical (unpaired) electrons. The highest BCUT2D eigenvalue weighted by Crippen LogP contribution is 2.30. The highest BCUT2D eigenvalue weighted by molar-refractivity contribution is 6.42.